The fourth-order valence-electron chi connectivity index (χ4n) is 1.63. The number of thiophene rings is 1. The zero-order valence-corrected chi connectivity index (χ0v) is 11.8. The topological polar surface area (TPSA) is 72.2 Å². The van der Waals surface area contributed by atoms with E-state index in [1.54, 1.807) is 0 Å². The number of benzene rings is 1. The van der Waals surface area contributed by atoms with Gasteiger partial charge in [0.2, 0.25) is 10.0 Å². The van der Waals surface area contributed by atoms with Crippen LogP contribution in [0, 0.1) is 12.7 Å². The van der Waals surface area contributed by atoms with Crippen molar-refractivity contribution >= 4 is 27.0 Å². The normalized spacial score (nSPS) is 11.7. The Bertz CT molecular complexity index is 675. The molecule has 2 rings (SSSR count). The van der Waals surface area contributed by atoms with Gasteiger partial charge in [0.1, 0.15) is 10.7 Å². The molecule has 0 amide bonds. The molecule has 0 fully saturated rings. The molecule has 0 aliphatic rings. The van der Waals surface area contributed by atoms with Crippen LogP contribution in [0.1, 0.15) is 10.4 Å². The first kappa shape index (κ1) is 14.0. The van der Waals surface area contributed by atoms with Crippen molar-refractivity contribution in [1.29, 1.82) is 0 Å². The number of hydrogen-bond acceptors (Lipinski definition) is 4. The maximum atomic E-state index is 13.6. The Morgan fingerprint density at radius 1 is 1.37 bits per heavy atom. The summed E-state index contributed by atoms with van der Waals surface area (Å²) >= 11 is 1.44. The molecule has 2 aromatic rings. The lowest BCUT2D eigenvalue weighted by Crippen LogP contribution is -2.25. The van der Waals surface area contributed by atoms with E-state index in [-0.39, 0.29) is 12.2 Å². The average molecular weight is 300 g/mol. The Labute approximate surface area is 115 Å². The summed E-state index contributed by atoms with van der Waals surface area (Å²) in [5, 5.41) is 1.87. The first-order valence-corrected chi connectivity index (χ1v) is 7.85. The van der Waals surface area contributed by atoms with Crippen molar-refractivity contribution in [2.75, 3.05) is 5.73 Å². The molecule has 4 nitrogen and oxygen atoms in total. The lowest BCUT2D eigenvalue weighted by molar-refractivity contribution is 0.558. The van der Waals surface area contributed by atoms with Crippen molar-refractivity contribution in [2.24, 2.45) is 0 Å². The van der Waals surface area contributed by atoms with Crippen molar-refractivity contribution in [3.8, 4) is 0 Å². The van der Waals surface area contributed by atoms with E-state index in [0.29, 0.717) is 0 Å². The Hall–Kier alpha value is -1.44. The van der Waals surface area contributed by atoms with Crippen LogP contribution in [0.4, 0.5) is 10.1 Å². The lowest BCUT2D eigenvalue weighted by atomic mass is 10.3. The summed E-state index contributed by atoms with van der Waals surface area (Å²) in [5.41, 5.74) is 6.42. The number of anilines is 1. The van der Waals surface area contributed by atoms with Crippen LogP contribution in [-0.4, -0.2) is 8.42 Å². The van der Waals surface area contributed by atoms with Crippen LogP contribution in [0.25, 0.3) is 0 Å². The van der Waals surface area contributed by atoms with Crippen LogP contribution in [-0.2, 0) is 16.6 Å². The predicted molar refractivity (Wildman–Crippen MR) is 73.9 cm³/mol. The van der Waals surface area contributed by atoms with E-state index in [2.05, 4.69) is 4.72 Å². The molecule has 0 bridgehead atoms. The van der Waals surface area contributed by atoms with Gasteiger partial charge in [-0.15, -0.1) is 11.3 Å². The number of nitrogen functional groups attached to an aromatic ring is 1. The van der Waals surface area contributed by atoms with E-state index in [0.717, 1.165) is 16.5 Å². The molecule has 1 aromatic carbocycles. The van der Waals surface area contributed by atoms with Gasteiger partial charge in [-0.25, -0.2) is 17.5 Å². The number of nitrogens with two attached hydrogens (primary N) is 1. The number of halogens is 1. The van der Waals surface area contributed by atoms with Gasteiger partial charge in [0.05, 0.1) is 5.69 Å². The van der Waals surface area contributed by atoms with E-state index in [1.807, 2.05) is 18.4 Å². The quantitative estimate of drug-likeness (QED) is 0.851. The van der Waals surface area contributed by atoms with Gasteiger partial charge in [-0.3, -0.25) is 0 Å². The minimum Gasteiger partial charge on any atom is -0.398 e. The van der Waals surface area contributed by atoms with Crippen LogP contribution in [0.5, 0.6) is 0 Å². The molecule has 3 N–H and O–H groups in total. The third-order valence-electron chi connectivity index (χ3n) is 2.66. The lowest BCUT2D eigenvalue weighted by Gasteiger charge is -2.09. The molecule has 0 aliphatic heterocycles. The minimum atomic E-state index is -3.96. The third kappa shape index (κ3) is 2.94. The molecule has 19 heavy (non-hydrogen) atoms. The number of aryl methyl sites for hydroxylation is 1. The molecule has 0 radical (unpaired) electrons. The molecule has 1 aromatic heterocycles. The predicted octanol–water partition coefficient (Wildman–Crippen LogP) is 2.26. The van der Waals surface area contributed by atoms with Gasteiger partial charge in [0.25, 0.3) is 0 Å². The Morgan fingerprint density at radius 3 is 2.68 bits per heavy atom. The van der Waals surface area contributed by atoms with Gasteiger partial charge in [0.15, 0.2) is 0 Å². The van der Waals surface area contributed by atoms with E-state index in [9.17, 15) is 12.8 Å². The van der Waals surface area contributed by atoms with Gasteiger partial charge < -0.3 is 5.73 Å². The second kappa shape index (κ2) is 5.28. The smallest absolute Gasteiger partial charge is 0.245 e. The summed E-state index contributed by atoms with van der Waals surface area (Å²) < 4.78 is 40.1. The molecule has 0 spiro atoms. The van der Waals surface area contributed by atoms with E-state index in [1.165, 1.54) is 23.5 Å². The van der Waals surface area contributed by atoms with Crippen molar-refractivity contribution in [3.63, 3.8) is 0 Å². The molecule has 0 unspecified atom stereocenters. The monoisotopic (exact) mass is 300 g/mol. The molecule has 0 saturated carbocycles. The summed E-state index contributed by atoms with van der Waals surface area (Å²) in [6.45, 7) is 2.01. The first-order valence-electron chi connectivity index (χ1n) is 5.48. The van der Waals surface area contributed by atoms with Crippen LogP contribution in [0.2, 0.25) is 0 Å². The molecular weight excluding hydrogens is 287 g/mol. The average Bonchev–Trinajstić information content (AvgIpc) is 2.72. The maximum Gasteiger partial charge on any atom is 0.245 e. The molecule has 0 aliphatic carbocycles. The highest BCUT2D eigenvalue weighted by atomic mass is 32.2. The fourth-order valence-corrected chi connectivity index (χ4v) is 3.75. The standard InChI is InChI=1S/C12H13FN2O2S2/c1-8-5-6-18-11(8)7-15-19(16,17)12-9(13)3-2-4-10(12)14/h2-6,15H,7,14H2,1H3. The molecule has 102 valence electrons. The van der Waals surface area contributed by atoms with Gasteiger partial charge in [-0.2, -0.15) is 0 Å². The Morgan fingerprint density at radius 2 is 2.11 bits per heavy atom. The van der Waals surface area contributed by atoms with Gasteiger partial charge in [0, 0.05) is 11.4 Å². The molecule has 0 saturated heterocycles. The number of hydrogen-bond donors (Lipinski definition) is 2. The Balaban J connectivity index is 2.26. The summed E-state index contributed by atoms with van der Waals surface area (Å²) in [4.78, 5) is 0.391. The van der Waals surface area contributed by atoms with Crippen molar-refractivity contribution in [2.45, 2.75) is 18.4 Å². The van der Waals surface area contributed by atoms with E-state index in [4.69, 9.17) is 5.73 Å². The Kier molecular flexibility index (Phi) is 3.88. The third-order valence-corrected chi connectivity index (χ3v) is 5.17. The van der Waals surface area contributed by atoms with Crippen LogP contribution in [0.15, 0.2) is 34.5 Å². The fraction of sp³-hybridized carbons (Fsp3) is 0.167. The second-order valence-corrected chi connectivity index (χ2v) is 6.71. The van der Waals surface area contributed by atoms with Gasteiger partial charge in [-0.1, -0.05) is 6.07 Å². The maximum absolute atomic E-state index is 13.6. The zero-order valence-electron chi connectivity index (χ0n) is 10.2. The highest BCUT2D eigenvalue weighted by molar-refractivity contribution is 7.89. The van der Waals surface area contributed by atoms with E-state index >= 15 is 0 Å². The number of sulfonamides is 1. The van der Waals surface area contributed by atoms with Crippen LogP contribution in [0.3, 0.4) is 0 Å². The second-order valence-electron chi connectivity index (χ2n) is 4.01. The first-order chi connectivity index (χ1) is 8.92. The molecule has 0 atom stereocenters. The number of rotatable bonds is 4. The van der Waals surface area contributed by atoms with Crippen LogP contribution >= 0.6 is 11.3 Å². The van der Waals surface area contributed by atoms with Crippen molar-refractivity contribution in [1.82, 2.24) is 4.72 Å². The largest absolute Gasteiger partial charge is 0.398 e. The van der Waals surface area contributed by atoms with Gasteiger partial charge in [-0.05, 0) is 36.1 Å². The van der Waals surface area contributed by atoms with Crippen molar-refractivity contribution in [3.05, 3.63) is 45.9 Å². The highest BCUT2D eigenvalue weighted by Gasteiger charge is 2.22. The molecular formula is C12H13FN2O2S2. The molecule has 1 heterocycles. The van der Waals surface area contributed by atoms with E-state index < -0.39 is 20.7 Å². The van der Waals surface area contributed by atoms with Crippen molar-refractivity contribution < 1.29 is 12.8 Å². The van der Waals surface area contributed by atoms with Crippen LogP contribution < -0.4 is 10.5 Å². The summed E-state index contributed by atoms with van der Waals surface area (Å²) in [7, 11) is -3.96. The molecule has 7 heteroatoms. The minimum absolute atomic E-state index is 0.101. The number of nitrogens with one attached hydrogen (secondary N) is 1. The zero-order chi connectivity index (χ0) is 14.0. The van der Waals surface area contributed by atoms with Gasteiger partial charge >= 0.3 is 0 Å². The highest BCUT2D eigenvalue weighted by Crippen LogP contribution is 2.22. The summed E-state index contributed by atoms with van der Waals surface area (Å²) in [6.07, 6.45) is 0. The summed E-state index contributed by atoms with van der Waals surface area (Å²) in [6, 6.07) is 5.69. The SMILES string of the molecule is Cc1ccsc1CNS(=O)(=O)c1c(N)cccc1F. The summed E-state index contributed by atoms with van der Waals surface area (Å²) in [5.74, 6) is -0.851.